The van der Waals surface area contributed by atoms with E-state index in [1.54, 1.807) is 13.0 Å². The van der Waals surface area contributed by atoms with Gasteiger partial charge in [0, 0.05) is 11.3 Å². The highest BCUT2D eigenvalue weighted by Gasteiger charge is 1.94. The number of aliphatic carboxylic acids is 1. The molecule has 0 radical (unpaired) electrons. The minimum Gasteiger partial charge on any atom is -0.478 e. The Hall–Kier alpha value is -1.77. The Morgan fingerprint density at radius 2 is 1.93 bits per heavy atom. The molecule has 0 heterocycles. The van der Waals surface area contributed by atoms with Crippen molar-refractivity contribution >= 4 is 11.7 Å². The molecule has 0 atom stereocenters. The Bertz CT molecular complexity index is 318. The molecule has 0 aliphatic heterocycles. The van der Waals surface area contributed by atoms with Gasteiger partial charge in [-0.3, -0.25) is 0 Å². The number of rotatable bonds is 2. The molecule has 1 aromatic rings. The van der Waals surface area contributed by atoms with Crippen LogP contribution in [0.4, 0.5) is 5.69 Å². The molecule has 3 nitrogen and oxygen atoms in total. The fraction of sp³-hybridized carbons (Fsp3) is 0.250. The lowest BCUT2D eigenvalue weighted by Gasteiger charge is -1.87. The standard InChI is InChI=1S/C6H7N.C6H10O2/c7-6-4-2-1-3-5-6;1-3-4-5(2)6(7)8/h1-5H,7H2;4H,3H2,1-2H3,(H,7,8). The summed E-state index contributed by atoms with van der Waals surface area (Å²) in [7, 11) is 0. The smallest absolute Gasteiger partial charge is 0.330 e. The summed E-state index contributed by atoms with van der Waals surface area (Å²) in [6.07, 6.45) is 2.47. The molecule has 0 aliphatic rings. The van der Waals surface area contributed by atoms with Gasteiger partial charge in [-0.2, -0.15) is 0 Å². The van der Waals surface area contributed by atoms with Gasteiger partial charge in [0.05, 0.1) is 0 Å². The zero-order valence-electron chi connectivity index (χ0n) is 9.10. The quantitative estimate of drug-likeness (QED) is 0.579. The molecule has 3 heteroatoms. The molecule has 0 aliphatic carbocycles. The number of anilines is 1. The first-order valence-corrected chi connectivity index (χ1v) is 4.78. The van der Waals surface area contributed by atoms with E-state index in [4.69, 9.17) is 10.8 Å². The first kappa shape index (κ1) is 13.2. The normalized spacial score (nSPS) is 10.1. The minimum atomic E-state index is -0.827. The lowest BCUT2D eigenvalue weighted by Crippen LogP contribution is -1.94. The third-order valence-corrected chi connectivity index (χ3v) is 1.65. The Kier molecular flexibility index (Phi) is 6.72. The van der Waals surface area contributed by atoms with Gasteiger partial charge in [0.25, 0.3) is 0 Å². The van der Waals surface area contributed by atoms with E-state index in [1.807, 2.05) is 37.3 Å². The van der Waals surface area contributed by atoms with Crippen LogP contribution in [-0.4, -0.2) is 11.1 Å². The Labute approximate surface area is 90.2 Å². The number of hydrogen-bond donors (Lipinski definition) is 2. The second kappa shape index (κ2) is 7.62. The van der Waals surface area contributed by atoms with Crippen molar-refractivity contribution in [2.45, 2.75) is 20.3 Å². The molecule has 15 heavy (non-hydrogen) atoms. The molecule has 0 saturated heterocycles. The van der Waals surface area contributed by atoms with Crippen molar-refractivity contribution in [2.24, 2.45) is 0 Å². The van der Waals surface area contributed by atoms with Crippen molar-refractivity contribution in [3.63, 3.8) is 0 Å². The fourth-order valence-corrected chi connectivity index (χ4v) is 0.847. The molecule has 3 N–H and O–H groups in total. The maximum absolute atomic E-state index is 10.0. The molecular weight excluding hydrogens is 190 g/mol. The number of nitrogens with two attached hydrogens (primary N) is 1. The summed E-state index contributed by atoms with van der Waals surface area (Å²) in [5.74, 6) is -0.827. The Balaban J connectivity index is 0.000000262. The zero-order valence-corrected chi connectivity index (χ0v) is 9.10. The number of carbonyl (C=O) groups is 1. The van der Waals surface area contributed by atoms with E-state index >= 15 is 0 Å². The average molecular weight is 207 g/mol. The van der Waals surface area contributed by atoms with Crippen molar-refractivity contribution in [2.75, 3.05) is 5.73 Å². The maximum atomic E-state index is 10.0. The largest absolute Gasteiger partial charge is 0.478 e. The van der Waals surface area contributed by atoms with Crippen LogP contribution < -0.4 is 5.73 Å². The van der Waals surface area contributed by atoms with E-state index in [1.165, 1.54) is 0 Å². The first-order chi connectivity index (χ1) is 7.07. The lowest BCUT2D eigenvalue weighted by molar-refractivity contribution is -0.132. The summed E-state index contributed by atoms with van der Waals surface area (Å²) < 4.78 is 0. The zero-order chi connectivity index (χ0) is 11.7. The summed E-state index contributed by atoms with van der Waals surface area (Å²) in [4.78, 5) is 10.0. The van der Waals surface area contributed by atoms with Crippen molar-refractivity contribution in [1.82, 2.24) is 0 Å². The number of allylic oxidation sites excluding steroid dienone is 1. The van der Waals surface area contributed by atoms with Crippen molar-refractivity contribution in [1.29, 1.82) is 0 Å². The summed E-state index contributed by atoms with van der Waals surface area (Å²) in [5, 5.41) is 8.24. The second-order valence-electron chi connectivity index (χ2n) is 3.01. The summed E-state index contributed by atoms with van der Waals surface area (Å²) in [5.41, 5.74) is 6.60. The summed E-state index contributed by atoms with van der Waals surface area (Å²) >= 11 is 0. The summed E-state index contributed by atoms with van der Waals surface area (Å²) in [6.45, 7) is 3.50. The van der Waals surface area contributed by atoms with E-state index in [9.17, 15) is 4.79 Å². The van der Waals surface area contributed by atoms with E-state index in [2.05, 4.69) is 0 Å². The Morgan fingerprint density at radius 1 is 1.40 bits per heavy atom. The van der Waals surface area contributed by atoms with Gasteiger partial charge in [0.1, 0.15) is 0 Å². The van der Waals surface area contributed by atoms with Gasteiger partial charge in [-0.15, -0.1) is 0 Å². The predicted octanol–water partition coefficient (Wildman–Crippen LogP) is 2.70. The molecule has 1 aromatic carbocycles. The van der Waals surface area contributed by atoms with Gasteiger partial charge in [0.15, 0.2) is 0 Å². The van der Waals surface area contributed by atoms with Gasteiger partial charge in [-0.05, 0) is 25.5 Å². The second-order valence-corrected chi connectivity index (χ2v) is 3.01. The number of hydrogen-bond acceptors (Lipinski definition) is 2. The highest BCUT2D eigenvalue weighted by Crippen LogP contribution is 1.96. The van der Waals surface area contributed by atoms with Crippen LogP contribution in [0.1, 0.15) is 20.3 Å². The third-order valence-electron chi connectivity index (χ3n) is 1.65. The van der Waals surface area contributed by atoms with Crippen LogP contribution in [0.3, 0.4) is 0 Å². The predicted molar refractivity (Wildman–Crippen MR) is 62.5 cm³/mol. The monoisotopic (exact) mass is 207 g/mol. The van der Waals surface area contributed by atoms with Crippen LogP contribution in [0, 0.1) is 0 Å². The van der Waals surface area contributed by atoms with Gasteiger partial charge >= 0.3 is 5.97 Å². The van der Waals surface area contributed by atoms with Crippen LogP contribution in [0.2, 0.25) is 0 Å². The minimum absolute atomic E-state index is 0.424. The van der Waals surface area contributed by atoms with Crippen LogP contribution >= 0.6 is 0 Å². The molecular formula is C12H17NO2. The molecule has 82 valence electrons. The molecule has 0 fully saturated rings. The maximum Gasteiger partial charge on any atom is 0.330 e. The molecule has 0 aromatic heterocycles. The molecule has 0 unspecified atom stereocenters. The number of carboxylic acid groups (broad SMARTS) is 1. The van der Waals surface area contributed by atoms with Crippen LogP contribution in [0.25, 0.3) is 0 Å². The van der Waals surface area contributed by atoms with Gasteiger partial charge in [-0.1, -0.05) is 31.2 Å². The Morgan fingerprint density at radius 3 is 2.13 bits per heavy atom. The van der Waals surface area contributed by atoms with Crippen molar-refractivity contribution in [3.8, 4) is 0 Å². The number of para-hydroxylation sites is 1. The lowest BCUT2D eigenvalue weighted by atomic mass is 10.2. The van der Waals surface area contributed by atoms with E-state index in [-0.39, 0.29) is 0 Å². The highest BCUT2D eigenvalue weighted by atomic mass is 16.4. The molecule has 0 amide bonds. The summed E-state index contributed by atoms with van der Waals surface area (Å²) in [6, 6.07) is 9.49. The molecule has 0 bridgehead atoms. The van der Waals surface area contributed by atoms with E-state index in [0.717, 1.165) is 12.1 Å². The van der Waals surface area contributed by atoms with Gasteiger partial charge in [0.2, 0.25) is 0 Å². The first-order valence-electron chi connectivity index (χ1n) is 4.78. The third kappa shape index (κ3) is 7.31. The number of benzene rings is 1. The molecule has 1 rings (SSSR count). The van der Waals surface area contributed by atoms with E-state index in [0.29, 0.717) is 5.57 Å². The van der Waals surface area contributed by atoms with Crippen molar-refractivity contribution < 1.29 is 9.90 Å². The SMILES string of the molecule is CCC=C(C)C(=O)O.Nc1ccccc1. The van der Waals surface area contributed by atoms with E-state index < -0.39 is 5.97 Å². The fourth-order valence-electron chi connectivity index (χ4n) is 0.847. The van der Waals surface area contributed by atoms with Crippen molar-refractivity contribution in [3.05, 3.63) is 42.0 Å². The number of nitrogen functional groups attached to an aromatic ring is 1. The van der Waals surface area contributed by atoms with Gasteiger partial charge < -0.3 is 10.8 Å². The molecule has 0 spiro atoms. The number of carboxylic acids is 1. The average Bonchev–Trinajstić information content (AvgIpc) is 2.20. The van der Waals surface area contributed by atoms with Crippen LogP contribution in [0.5, 0.6) is 0 Å². The highest BCUT2D eigenvalue weighted by molar-refractivity contribution is 5.85. The molecule has 0 saturated carbocycles. The van der Waals surface area contributed by atoms with Gasteiger partial charge in [-0.25, -0.2) is 4.79 Å². The van der Waals surface area contributed by atoms with Crippen LogP contribution in [-0.2, 0) is 4.79 Å². The van der Waals surface area contributed by atoms with Crippen LogP contribution in [0.15, 0.2) is 42.0 Å². The topological polar surface area (TPSA) is 63.3 Å².